The molecule has 0 radical (unpaired) electrons. The van der Waals surface area contributed by atoms with Gasteiger partial charge in [-0.15, -0.1) is 0 Å². The highest BCUT2D eigenvalue weighted by Crippen LogP contribution is 2.33. The molecule has 0 aromatic rings. The number of rotatable bonds is 1. The maximum Gasteiger partial charge on any atom is 0.0596 e. The fourth-order valence-electron chi connectivity index (χ4n) is 0.278. The molecule has 1 fully saturated rings. The Kier molecular flexibility index (Phi) is 0.998. The van der Waals surface area contributed by atoms with Crippen molar-refractivity contribution < 1.29 is 4.11 Å². The average molecular weight is 229 g/mol. The first-order valence-electron chi connectivity index (χ1n) is 3.57. The molecule has 0 spiro atoms. The summed E-state index contributed by atoms with van der Waals surface area (Å²) in [5, 5.41) is 0. The van der Waals surface area contributed by atoms with E-state index in [1.807, 2.05) is 0 Å². The molecule has 0 nitrogen and oxygen atoms in total. The summed E-state index contributed by atoms with van der Waals surface area (Å²) in [6.45, 7) is 0. The molecular formula is C5H6Br2. The zero-order valence-corrected chi connectivity index (χ0v) is 6.66. The summed E-state index contributed by atoms with van der Waals surface area (Å²) in [6.07, 6.45) is -0.782. The summed E-state index contributed by atoms with van der Waals surface area (Å²) >= 11 is 6.15. The number of hydrogen-bond acceptors (Lipinski definition) is 0. The van der Waals surface area contributed by atoms with Crippen LogP contribution < -0.4 is 0 Å². The van der Waals surface area contributed by atoms with Crippen LogP contribution in [-0.2, 0) is 0 Å². The fourth-order valence-corrected chi connectivity index (χ4v) is 0.806. The molecule has 0 amide bonds. The van der Waals surface area contributed by atoms with E-state index >= 15 is 0 Å². The molecule has 0 aliphatic heterocycles. The van der Waals surface area contributed by atoms with Crippen molar-refractivity contribution in [2.75, 3.05) is 0 Å². The summed E-state index contributed by atoms with van der Waals surface area (Å²) in [4.78, 5) is 0. The minimum atomic E-state index is -0.391. The summed E-state index contributed by atoms with van der Waals surface area (Å²) in [5.41, 5.74) is 0. The van der Waals surface area contributed by atoms with Crippen LogP contribution in [0.3, 0.4) is 0 Å². The van der Waals surface area contributed by atoms with Gasteiger partial charge in [0.1, 0.15) is 0 Å². The molecule has 7 heavy (non-hydrogen) atoms. The zero-order valence-electron chi connectivity index (χ0n) is 6.49. The van der Waals surface area contributed by atoms with E-state index in [9.17, 15) is 0 Å². The van der Waals surface area contributed by atoms with Crippen molar-refractivity contribution in [1.29, 1.82) is 0 Å². The molecule has 0 saturated heterocycles. The molecule has 1 aliphatic rings. The van der Waals surface area contributed by atoms with E-state index in [2.05, 4.69) is 31.9 Å². The van der Waals surface area contributed by atoms with Crippen molar-refractivity contribution in [2.45, 2.75) is 12.8 Å². The molecule has 1 aliphatic carbocycles. The molecule has 0 bridgehead atoms. The van der Waals surface area contributed by atoms with Gasteiger partial charge in [-0.2, -0.15) is 0 Å². The fraction of sp³-hybridized carbons (Fsp3) is 0.600. The average Bonchev–Trinajstić information content (AvgIpc) is 2.40. The van der Waals surface area contributed by atoms with Gasteiger partial charge in [0.15, 0.2) is 0 Å². The van der Waals surface area contributed by atoms with Gasteiger partial charge in [0.2, 0.25) is 0 Å². The van der Waals surface area contributed by atoms with Crippen LogP contribution in [-0.4, -0.2) is 0 Å². The van der Waals surface area contributed by atoms with Crippen LogP contribution in [0.2, 0.25) is 0 Å². The zero-order chi connectivity index (χ0) is 7.89. The summed E-state index contributed by atoms with van der Waals surface area (Å²) in [5.74, 6) is -0.186. The molecule has 0 aromatic heterocycles. The Morgan fingerprint density at radius 3 is 2.57 bits per heavy atom. The predicted octanol–water partition coefficient (Wildman–Crippen LogP) is 3.03. The normalized spacial score (nSPS) is 54.0. The molecule has 1 rings (SSSR count). The van der Waals surface area contributed by atoms with Crippen LogP contribution in [0.5, 0.6) is 0 Å². The summed E-state index contributed by atoms with van der Waals surface area (Å²) in [7, 11) is 0. The highest BCUT2D eigenvalue weighted by Gasteiger charge is 2.17. The van der Waals surface area contributed by atoms with E-state index in [1.54, 1.807) is 0 Å². The first-order chi connectivity index (χ1) is 4.55. The van der Waals surface area contributed by atoms with Gasteiger partial charge in [-0.25, -0.2) is 0 Å². The van der Waals surface area contributed by atoms with E-state index in [1.165, 1.54) is 0 Å². The van der Waals surface area contributed by atoms with Crippen molar-refractivity contribution >= 4 is 31.9 Å². The second kappa shape index (κ2) is 2.31. The Bertz CT molecular complexity index is 168. The first-order valence-corrected chi connectivity index (χ1v) is 3.50. The SMILES string of the molecule is [2H]C(=C(Br)Br)C1[C@@H]([2H])[C@H]1[2H]. The lowest BCUT2D eigenvalue weighted by Crippen LogP contribution is -1.58. The van der Waals surface area contributed by atoms with Crippen molar-refractivity contribution in [3.05, 3.63) is 9.44 Å². The highest BCUT2D eigenvalue weighted by atomic mass is 79.9. The van der Waals surface area contributed by atoms with E-state index in [-0.39, 0.29) is 5.92 Å². The van der Waals surface area contributed by atoms with Crippen LogP contribution in [0.25, 0.3) is 0 Å². The minimum Gasteiger partial charge on any atom is -0.0601 e. The van der Waals surface area contributed by atoms with Crippen LogP contribution in [0.4, 0.5) is 0 Å². The largest absolute Gasteiger partial charge is 0.0601 e. The third-order valence-corrected chi connectivity index (χ3v) is 1.12. The van der Waals surface area contributed by atoms with E-state index in [0.717, 1.165) is 0 Å². The molecule has 0 heterocycles. The van der Waals surface area contributed by atoms with Gasteiger partial charge in [0.25, 0.3) is 0 Å². The Hall–Kier alpha value is 0.700. The van der Waals surface area contributed by atoms with Gasteiger partial charge in [-0.05, 0) is 50.6 Å². The standard InChI is InChI=1S/C5H6Br2/c6-5(7)3-4-1-2-4/h3-4H,1-2H2/i1D,2D,3D/t1-,2+,4?. The van der Waals surface area contributed by atoms with Crippen molar-refractivity contribution in [2.24, 2.45) is 5.92 Å². The van der Waals surface area contributed by atoms with Crippen molar-refractivity contribution in [1.82, 2.24) is 0 Å². The minimum absolute atomic E-state index is 0.186. The summed E-state index contributed by atoms with van der Waals surface area (Å²) in [6, 6.07) is 0.333. The van der Waals surface area contributed by atoms with Crippen molar-refractivity contribution in [3.63, 3.8) is 0 Å². The molecule has 1 saturated carbocycles. The second-order valence-electron chi connectivity index (χ2n) is 1.32. The Labute approximate surface area is 64.5 Å². The third-order valence-electron chi connectivity index (χ3n) is 0.661. The highest BCUT2D eigenvalue weighted by molar-refractivity contribution is 9.28. The van der Waals surface area contributed by atoms with E-state index in [4.69, 9.17) is 4.11 Å². The summed E-state index contributed by atoms with van der Waals surface area (Å²) < 4.78 is 22.3. The van der Waals surface area contributed by atoms with Crippen LogP contribution in [0.15, 0.2) is 9.44 Å². The lowest BCUT2D eigenvalue weighted by molar-refractivity contribution is 1.13. The smallest absolute Gasteiger partial charge is 0.0596 e. The molecule has 2 heteroatoms. The maximum absolute atomic E-state index is 7.35. The third kappa shape index (κ3) is 2.50. The van der Waals surface area contributed by atoms with Gasteiger partial charge in [-0.3, -0.25) is 0 Å². The monoisotopic (exact) mass is 227 g/mol. The topological polar surface area (TPSA) is 0 Å². The van der Waals surface area contributed by atoms with Crippen LogP contribution in [0.1, 0.15) is 16.9 Å². The van der Waals surface area contributed by atoms with Gasteiger partial charge in [-0.1, -0.05) is 6.05 Å². The molecular weight excluding hydrogens is 220 g/mol. The number of allylic oxidation sites excluding steroid dienone is 1. The maximum atomic E-state index is 7.35. The lowest BCUT2D eigenvalue weighted by atomic mass is 10.4. The molecule has 0 N–H and O–H groups in total. The van der Waals surface area contributed by atoms with E-state index in [0.29, 0.717) is 9.44 Å². The molecule has 0 aromatic carbocycles. The second-order valence-corrected chi connectivity index (χ2v) is 3.97. The number of halogens is 2. The Morgan fingerprint density at radius 2 is 2.43 bits per heavy atom. The van der Waals surface area contributed by atoms with Crippen LogP contribution in [0, 0.1) is 5.92 Å². The molecule has 3 atom stereocenters. The Balaban J connectivity index is 2.62. The quantitative estimate of drug-likeness (QED) is 0.648. The predicted molar refractivity (Wildman–Crippen MR) is 38.7 cm³/mol. The van der Waals surface area contributed by atoms with Gasteiger partial charge < -0.3 is 0 Å². The Morgan fingerprint density at radius 1 is 1.86 bits per heavy atom. The van der Waals surface area contributed by atoms with Crippen LogP contribution >= 0.6 is 31.9 Å². The number of hydrogen-bond donors (Lipinski definition) is 0. The van der Waals surface area contributed by atoms with Crippen molar-refractivity contribution in [3.8, 4) is 0 Å². The van der Waals surface area contributed by atoms with Gasteiger partial charge in [0.05, 0.1) is 4.76 Å². The van der Waals surface area contributed by atoms with E-state index < -0.39 is 12.8 Å². The molecule has 40 valence electrons. The first kappa shape index (κ1) is 3.02. The van der Waals surface area contributed by atoms with Gasteiger partial charge in [0, 0.05) is 2.74 Å². The molecule has 1 unspecified atom stereocenters. The van der Waals surface area contributed by atoms with Gasteiger partial charge >= 0.3 is 0 Å². The lowest BCUT2D eigenvalue weighted by Gasteiger charge is -1.77.